The number of nitrogens with zero attached hydrogens (tertiary/aromatic N) is 2. The van der Waals surface area contributed by atoms with Crippen LogP contribution in [0, 0.1) is 0 Å². The van der Waals surface area contributed by atoms with Gasteiger partial charge in [0.05, 0.1) is 31.6 Å². The van der Waals surface area contributed by atoms with Crippen molar-refractivity contribution in [3.05, 3.63) is 59.2 Å². The topological polar surface area (TPSA) is 55.7 Å². The Balaban J connectivity index is 1.82. The van der Waals surface area contributed by atoms with Gasteiger partial charge in [0, 0.05) is 16.6 Å². The highest BCUT2D eigenvalue weighted by molar-refractivity contribution is 6.31. The van der Waals surface area contributed by atoms with Gasteiger partial charge in [-0.05, 0) is 48.0 Å². The van der Waals surface area contributed by atoms with Crippen LogP contribution in [0.5, 0.6) is 11.5 Å². The highest BCUT2D eigenvalue weighted by atomic mass is 35.5. The molecule has 0 aliphatic carbocycles. The van der Waals surface area contributed by atoms with Crippen molar-refractivity contribution >= 4 is 34.4 Å². The first-order valence-corrected chi connectivity index (χ1v) is 7.64. The van der Waals surface area contributed by atoms with Crippen LogP contribution in [-0.2, 0) is 0 Å². The minimum atomic E-state index is 0.654. The summed E-state index contributed by atoms with van der Waals surface area (Å²) in [5, 5.41) is 5.89. The average molecular weight is 342 g/mol. The number of rotatable bonds is 5. The number of hydrogen-bond donors (Lipinski definition) is 1. The van der Waals surface area contributed by atoms with Crippen LogP contribution in [0.25, 0.3) is 10.9 Å². The van der Waals surface area contributed by atoms with Gasteiger partial charge in [-0.1, -0.05) is 11.6 Å². The van der Waals surface area contributed by atoms with Crippen molar-refractivity contribution in [3.8, 4) is 11.5 Å². The maximum atomic E-state index is 6.00. The lowest BCUT2D eigenvalue weighted by atomic mass is 10.2. The first kappa shape index (κ1) is 16.1. The Labute approximate surface area is 144 Å². The van der Waals surface area contributed by atoms with Crippen LogP contribution in [0.1, 0.15) is 5.56 Å². The second kappa shape index (κ2) is 7.19. The van der Waals surface area contributed by atoms with Crippen LogP contribution in [0.2, 0.25) is 5.02 Å². The number of hydrazone groups is 1. The molecule has 0 unspecified atom stereocenters. The third-order valence-electron chi connectivity index (χ3n) is 3.51. The number of fused-ring (bicyclic) bond motifs is 1. The number of benzene rings is 2. The first-order chi connectivity index (χ1) is 11.7. The number of nitrogens with one attached hydrogen (secondary N) is 1. The molecule has 0 radical (unpaired) electrons. The standard InChI is InChI=1S/C18H16ClN3O2/c1-23-17-6-3-12(9-18(17)24-2)11-21-22-15-7-8-20-16-10-13(19)4-5-14(15)16/h3-11H,1-2H3,(H,20,22)/b21-11+. The molecule has 0 bridgehead atoms. The molecule has 3 rings (SSSR count). The summed E-state index contributed by atoms with van der Waals surface area (Å²) in [5.74, 6) is 1.34. The molecule has 0 spiro atoms. The number of anilines is 1. The smallest absolute Gasteiger partial charge is 0.161 e. The molecule has 0 aliphatic heterocycles. The monoisotopic (exact) mass is 341 g/mol. The van der Waals surface area contributed by atoms with E-state index < -0.39 is 0 Å². The van der Waals surface area contributed by atoms with E-state index in [0.29, 0.717) is 16.5 Å². The Kier molecular flexibility index (Phi) is 4.82. The van der Waals surface area contributed by atoms with E-state index in [4.69, 9.17) is 21.1 Å². The van der Waals surface area contributed by atoms with Gasteiger partial charge in [0.1, 0.15) is 0 Å². The molecule has 2 aromatic carbocycles. The van der Waals surface area contributed by atoms with E-state index in [1.54, 1.807) is 26.6 Å². The Bertz CT molecular complexity index is 897. The number of halogens is 1. The lowest BCUT2D eigenvalue weighted by Gasteiger charge is -2.08. The summed E-state index contributed by atoms with van der Waals surface area (Å²) >= 11 is 6.00. The Morgan fingerprint density at radius 3 is 2.67 bits per heavy atom. The second-order valence-electron chi connectivity index (χ2n) is 5.00. The van der Waals surface area contributed by atoms with E-state index >= 15 is 0 Å². The van der Waals surface area contributed by atoms with Crippen LogP contribution in [0.3, 0.4) is 0 Å². The molecule has 0 saturated heterocycles. The lowest BCUT2D eigenvalue weighted by molar-refractivity contribution is 0.355. The molecule has 1 heterocycles. The number of aromatic nitrogens is 1. The number of pyridine rings is 1. The van der Waals surface area contributed by atoms with E-state index in [1.165, 1.54) is 0 Å². The van der Waals surface area contributed by atoms with Gasteiger partial charge in [-0.2, -0.15) is 5.10 Å². The molecular formula is C18H16ClN3O2. The van der Waals surface area contributed by atoms with Gasteiger partial charge in [0.25, 0.3) is 0 Å². The largest absolute Gasteiger partial charge is 0.493 e. The molecule has 0 aliphatic rings. The van der Waals surface area contributed by atoms with Gasteiger partial charge in [-0.15, -0.1) is 0 Å². The van der Waals surface area contributed by atoms with Crippen molar-refractivity contribution in [3.63, 3.8) is 0 Å². The predicted octanol–water partition coefficient (Wildman–Crippen LogP) is 4.35. The summed E-state index contributed by atoms with van der Waals surface area (Å²) < 4.78 is 10.5. The maximum absolute atomic E-state index is 6.00. The zero-order valence-corrected chi connectivity index (χ0v) is 14.0. The molecule has 0 amide bonds. The fourth-order valence-corrected chi connectivity index (χ4v) is 2.49. The minimum Gasteiger partial charge on any atom is -0.493 e. The zero-order chi connectivity index (χ0) is 16.9. The van der Waals surface area contributed by atoms with Gasteiger partial charge in [0.15, 0.2) is 11.5 Å². The van der Waals surface area contributed by atoms with Crippen LogP contribution in [-0.4, -0.2) is 25.4 Å². The molecule has 0 atom stereocenters. The van der Waals surface area contributed by atoms with Crippen molar-refractivity contribution in [1.82, 2.24) is 4.98 Å². The summed E-state index contributed by atoms with van der Waals surface area (Å²) in [4.78, 5) is 4.30. The Hall–Kier alpha value is -2.79. The summed E-state index contributed by atoms with van der Waals surface area (Å²) in [7, 11) is 3.21. The normalized spacial score (nSPS) is 11.0. The van der Waals surface area contributed by atoms with Crippen LogP contribution in [0.15, 0.2) is 53.8 Å². The molecule has 6 heteroatoms. The van der Waals surface area contributed by atoms with Gasteiger partial charge in [-0.3, -0.25) is 10.4 Å². The lowest BCUT2D eigenvalue weighted by Crippen LogP contribution is -1.95. The van der Waals surface area contributed by atoms with Crippen molar-refractivity contribution in [1.29, 1.82) is 0 Å². The number of ether oxygens (including phenoxy) is 2. The highest BCUT2D eigenvalue weighted by Gasteiger charge is 2.04. The van der Waals surface area contributed by atoms with E-state index in [0.717, 1.165) is 22.2 Å². The molecule has 1 N–H and O–H groups in total. The maximum Gasteiger partial charge on any atom is 0.161 e. The SMILES string of the molecule is COc1ccc(/C=N/Nc2ccnc3cc(Cl)ccc23)cc1OC. The van der Waals surface area contributed by atoms with Crippen LogP contribution in [0.4, 0.5) is 5.69 Å². The van der Waals surface area contributed by atoms with Gasteiger partial charge < -0.3 is 9.47 Å². The Morgan fingerprint density at radius 2 is 1.88 bits per heavy atom. The molecule has 24 heavy (non-hydrogen) atoms. The van der Waals surface area contributed by atoms with Crippen molar-refractivity contribution in [2.24, 2.45) is 5.10 Å². The molecule has 3 aromatic rings. The molecular weight excluding hydrogens is 326 g/mol. The quantitative estimate of drug-likeness (QED) is 0.553. The second-order valence-corrected chi connectivity index (χ2v) is 5.44. The van der Waals surface area contributed by atoms with Crippen molar-refractivity contribution < 1.29 is 9.47 Å². The van der Waals surface area contributed by atoms with Crippen molar-refractivity contribution in [2.45, 2.75) is 0 Å². The number of hydrogen-bond acceptors (Lipinski definition) is 5. The first-order valence-electron chi connectivity index (χ1n) is 7.26. The van der Waals surface area contributed by atoms with Gasteiger partial charge >= 0.3 is 0 Å². The molecule has 5 nitrogen and oxygen atoms in total. The van der Waals surface area contributed by atoms with Crippen molar-refractivity contribution in [2.75, 3.05) is 19.6 Å². The fourth-order valence-electron chi connectivity index (χ4n) is 2.33. The van der Waals surface area contributed by atoms with E-state index in [2.05, 4.69) is 15.5 Å². The molecule has 122 valence electrons. The third-order valence-corrected chi connectivity index (χ3v) is 3.75. The van der Waals surface area contributed by atoms with E-state index in [9.17, 15) is 0 Å². The van der Waals surface area contributed by atoms with E-state index in [-0.39, 0.29) is 0 Å². The third kappa shape index (κ3) is 3.41. The zero-order valence-electron chi connectivity index (χ0n) is 13.3. The summed E-state index contributed by atoms with van der Waals surface area (Å²) in [6, 6.07) is 13.0. The summed E-state index contributed by atoms with van der Waals surface area (Å²) in [5.41, 5.74) is 5.60. The minimum absolute atomic E-state index is 0.654. The molecule has 1 aromatic heterocycles. The van der Waals surface area contributed by atoms with Gasteiger partial charge in [-0.25, -0.2) is 0 Å². The summed E-state index contributed by atoms with van der Waals surface area (Å²) in [6.45, 7) is 0. The Morgan fingerprint density at radius 1 is 1.04 bits per heavy atom. The molecule has 0 saturated carbocycles. The highest BCUT2D eigenvalue weighted by Crippen LogP contribution is 2.27. The summed E-state index contributed by atoms with van der Waals surface area (Å²) in [6.07, 6.45) is 3.43. The number of methoxy groups -OCH3 is 2. The fraction of sp³-hybridized carbons (Fsp3) is 0.111. The molecule has 0 fully saturated rings. The predicted molar refractivity (Wildman–Crippen MR) is 97.5 cm³/mol. The van der Waals surface area contributed by atoms with Crippen LogP contribution >= 0.6 is 11.6 Å². The van der Waals surface area contributed by atoms with E-state index in [1.807, 2.05) is 42.5 Å². The average Bonchev–Trinajstić information content (AvgIpc) is 2.61. The van der Waals surface area contributed by atoms with Crippen LogP contribution < -0.4 is 14.9 Å². The van der Waals surface area contributed by atoms with Gasteiger partial charge in [0.2, 0.25) is 0 Å².